The molecular formula is C18H25N5O2. The zero-order chi connectivity index (χ0) is 18.6. The highest BCUT2D eigenvalue weighted by Crippen LogP contribution is 2.17. The number of carbonyl (C=O) groups is 2. The third-order valence-electron chi connectivity index (χ3n) is 4.13. The predicted octanol–water partition coefficient (Wildman–Crippen LogP) is 1.80. The van der Waals surface area contributed by atoms with Crippen LogP contribution < -0.4 is 16.4 Å². The van der Waals surface area contributed by atoms with Gasteiger partial charge in [0, 0.05) is 17.8 Å². The molecule has 0 spiro atoms. The number of para-hydroxylation sites is 1. The van der Waals surface area contributed by atoms with Crippen molar-refractivity contribution >= 4 is 11.9 Å². The first-order chi connectivity index (χ1) is 11.8. The van der Waals surface area contributed by atoms with E-state index >= 15 is 0 Å². The monoisotopic (exact) mass is 343 g/mol. The van der Waals surface area contributed by atoms with E-state index in [0.29, 0.717) is 6.54 Å². The smallest absolute Gasteiger partial charge is 0.312 e. The first-order valence-electron chi connectivity index (χ1n) is 8.25. The number of urea groups is 1. The number of nitrogens with two attached hydrogens (primary N) is 1. The maximum atomic E-state index is 12.4. The summed E-state index contributed by atoms with van der Waals surface area (Å²) < 4.78 is 1.86. The Morgan fingerprint density at radius 2 is 1.84 bits per heavy atom. The van der Waals surface area contributed by atoms with Crippen LogP contribution in [0.2, 0.25) is 0 Å². The van der Waals surface area contributed by atoms with E-state index < -0.39 is 12.1 Å². The molecule has 0 aliphatic heterocycles. The number of hydrogen-bond donors (Lipinski definition) is 3. The number of benzene rings is 1. The van der Waals surface area contributed by atoms with E-state index in [1.807, 2.05) is 62.7 Å². The van der Waals surface area contributed by atoms with Gasteiger partial charge in [0.15, 0.2) is 0 Å². The topological polar surface area (TPSA) is 102 Å². The minimum Gasteiger partial charge on any atom is -0.352 e. The molecule has 7 nitrogen and oxygen atoms in total. The summed E-state index contributed by atoms with van der Waals surface area (Å²) >= 11 is 0. The average molecular weight is 343 g/mol. The fraction of sp³-hybridized carbons (Fsp3) is 0.389. The molecule has 3 amide bonds. The number of aromatic nitrogens is 2. The van der Waals surface area contributed by atoms with Crippen LogP contribution in [0.3, 0.4) is 0 Å². The molecule has 2 rings (SSSR count). The molecule has 25 heavy (non-hydrogen) atoms. The van der Waals surface area contributed by atoms with Crippen molar-refractivity contribution < 1.29 is 9.59 Å². The molecule has 0 aliphatic rings. The van der Waals surface area contributed by atoms with E-state index in [0.717, 1.165) is 22.6 Å². The number of nitrogens with zero attached hydrogens (tertiary/aromatic N) is 2. The highest BCUT2D eigenvalue weighted by atomic mass is 16.2. The van der Waals surface area contributed by atoms with Gasteiger partial charge in [0.05, 0.1) is 11.4 Å². The lowest BCUT2D eigenvalue weighted by molar-refractivity contribution is -0.124. The Morgan fingerprint density at radius 3 is 2.40 bits per heavy atom. The number of carbonyl (C=O) groups excluding carboxylic acids is 2. The molecule has 1 atom stereocenters. The molecule has 0 unspecified atom stereocenters. The molecule has 0 bridgehead atoms. The van der Waals surface area contributed by atoms with Crippen LogP contribution in [0.1, 0.15) is 30.8 Å². The van der Waals surface area contributed by atoms with Crippen LogP contribution in [0.5, 0.6) is 0 Å². The molecule has 1 heterocycles. The van der Waals surface area contributed by atoms with Gasteiger partial charge in [-0.3, -0.25) is 4.79 Å². The summed E-state index contributed by atoms with van der Waals surface area (Å²) in [7, 11) is 0. The van der Waals surface area contributed by atoms with Crippen molar-refractivity contribution in [3.8, 4) is 5.69 Å². The lowest BCUT2D eigenvalue weighted by atomic mass is 10.0. The van der Waals surface area contributed by atoms with Crippen molar-refractivity contribution in [2.45, 2.75) is 40.3 Å². The highest BCUT2D eigenvalue weighted by molar-refractivity contribution is 5.86. The Morgan fingerprint density at radius 1 is 1.20 bits per heavy atom. The summed E-state index contributed by atoms with van der Waals surface area (Å²) in [5, 5.41) is 9.91. The third kappa shape index (κ3) is 4.37. The molecule has 1 aromatic carbocycles. The molecule has 4 N–H and O–H groups in total. The zero-order valence-electron chi connectivity index (χ0n) is 15.0. The summed E-state index contributed by atoms with van der Waals surface area (Å²) in [6, 6.07) is 8.45. The number of amides is 3. The predicted molar refractivity (Wildman–Crippen MR) is 96.2 cm³/mol. The second-order valence-electron chi connectivity index (χ2n) is 6.34. The maximum absolute atomic E-state index is 12.4. The molecule has 7 heteroatoms. The van der Waals surface area contributed by atoms with Gasteiger partial charge in [-0.25, -0.2) is 9.48 Å². The Kier molecular flexibility index (Phi) is 5.80. The van der Waals surface area contributed by atoms with Gasteiger partial charge < -0.3 is 16.4 Å². The first-order valence-corrected chi connectivity index (χ1v) is 8.25. The molecule has 2 aromatic rings. The number of primary amides is 1. The molecule has 0 aliphatic carbocycles. The highest BCUT2D eigenvalue weighted by Gasteiger charge is 2.23. The SMILES string of the molecule is Cc1nn(-c2ccccc2)c(C)c1CNC(=O)[C@@H](NC(N)=O)C(C)C. The average Bonchev–Trinajstić information content (AvgIpc) is 2.85. The van der Waals surface area contributed by atoms with Gasteiger partial charge in [0.25, 0.3) is 0 Å². The lowest BCUT2D eigenvalue weighted by Crippen LogP contribution is -2.51. The lowest BCUT2D eigenvalue weighted by Gasteiger charge is -2.20. The summed E-state index contributed by atoms with van der Waals surface area (Å²) in [5.41, 5.74) is 8.89. The van der Waals surface area contributed by atoms with E-state index in [2.05, 4.69) is 15.7 Å². The summed E-state index contributed by atoms with van der Waals surface area (Å²) in [6.45, 7) is 7.92. The van der Waals surface area contributed by atoms with Crippen molar-refractivity contribution in [3.63, 3.8) is 0 Å². The molecule has 1 aromatic heterocycles. The number of rotatable bonds is 6. The van der Waals surface area contributed by atoms with Gasteiger partial charge in [-0.1, -0.05) is 32.0 Å². The second-order valence-corrected chi connectivity index (χ2v) is 6.34. The van der Waals surface area contributed by atoms with Crippen molar-refractivity contribution in [1.29, 1.82) is 0 Å². The van der Waals surface area contributed by atoms with E-state index in [4.69, 9.17) is 5.73 Å². The van der Waals surface area contributed by atoms with E-state index in [1.165, 1.54) is 0 Å². The van der Waals surface area contributed by atoms with Gasteiger partial charge in [-0.05, 0) is 31.9 Å². The Hall–Kier alpha value is -2.83. The van der Waals surface area contributed by atoms with Crippen molar-refractivity contribution in [2.75, 3.05) is 0 Å². The van der Waals surface area contributed by atoms with Crippen LogP contribution in [0.15, 0.2) is 30.3 Å². The number of nitrogens with one attached hydrogen (secondary N) is 2. The first kappa shape index (κ1) is 18.5. The fourth-order valence-corrected chi connectivity index (χ4v) is 2.73. The van der Waals surface area contributed by atoms with Crippen molar-refractivity contribution in [1.82, 2.24) is 20.4 Å². The molecule has 0 fully saturated rings. The van der Waals surface area contributed by atoms with E-state index in [1.54, 1.807) is 0 Å². The second kappa shape index (κ2) is 7.83. The van der Waals surface area contributed by atoms with Crippen LogP contribution in [0.4, 0.5) is 4.79 Å². The maximum Gasteiger partial charge on any atom is 0.312 e. The van der Waals surface area contributed by atoms with Gasteiger partial charge in [0.2, 0.25) is 5.91 Å². The molecular weight excluding hydrogens is 318 g/mol. The Labute approximate surface area is 147 Å². The number of hydrogen-bond acceptors (Lipinski definition) is 3. The number of aryl methyl sites for hydroxylation is 1. The largest absolute Gasteiger partial charge is 0.352 e. The van der Waals surface area contributed by atoms with E-state index in [-0.39, 0.29) is 11.8 Å². The van der Waals surface area contributed by atoms with Crippen LogP contribution in [0, 0.1) is 19.8 Å². The van der Waals surface area contributed by atoms with Crippen LogP contribution in [-0.2, 0) is 11.3 Å². The van der Waals surface area contributed by atoms with Gasteiger partial charge >= 0.3 is 6.03 Å². The van der Waals surface area contributed by atoms with Crippen LogP contribution in [0.25, 0.3) is 5.69 Å². The van der Waals surface area contributed by atoms with Gasteiger partial charge in [-0.15, -0.1) is 0 Å². The van der Waals surface area contributed by atoms with E-state index in [9.17, 15) is 9.59 Å². The van der Waals surface area contributed by atoms with Crippen molar-refractivity contribution in [2.24, 2.45) is 11.7 Å². The van der Waals surface area contributed by atoms with Crippen molar-refractivity contribution in [3.05, 3.63) is 47.3 Å². The quantitative estimate of drug-likeness (QED) is 0.745. The van der Waals surface area contributed by atoms with Gasteiger partial charge in [0.1, 0.15) is 6.04 Å². The minimum atomic E-state index is -0.710. The zero-order valence-corrected chi connectivity index (χ0v) is 15.0. The fourth-order valence-electron chi connectivity index (χ4n) is 2.73. The summed E-state index contributed by atoms with van der Waals surface area (Å²) in [5.74, 6) is -0.332. The normalized spacial score (nSPS) is 12.0. The summed E-state index contributed by atoms with van der Waals surface area (Å²) in [4.78, 5) is 23.5. The molecule has 0 saturated carbocycles. The summed E-state index contributed by atoms with van der Waals surface area (Å²) in [6.07, 6.45) is 0. The Bertz CT molecular complexity index is 752. The third-order valence-corrected chi connectivity index (χ3v) is 4.13. The molecule has 134 valence electrons. The van der Waals surface area contributed by atoms with Gasteiger partial charge in [-0.2, -0.15) is 5.10 Å². The Balaban J connectivity index is 2.14. The molecule has 0 radical (unpaired) electrons. The van der Waals surface area contributed by atoms with Crippen LogP contribution in [-0.4, -0.2) is 27.8 Å². The van der Waals surface area contributed by atoms with Crippen LogP contribution >= 0.6 is 0 Å². The minimum absolute atomic E-state index is 0.0678. The standard InChI is InChI=1S/C18H25N5O2/c1-11(2)16(21-18(19)25)17(24)20-10-15-12(3)22-23(13(15)4)14-8-6-5-7-9-14/h5-9,11,16H,10H2,1-4H3,(H,20,24)(H3,19,21,25)/t16-/m0/s1. The molecule has 0 saturated heterocycles.